The highest BCUT2D eigenvalue weighted by molar-refractivity contribution is 5.48. The molecule has 4 rings (SSSR count). The van der Waals surface area contributed by atoms with Crippen molar-refractivity contribution in [3.05, 3.63) is 53.6 Å². The Labute approximate surface area is 142 Å². The third-order valence-corrected chi connectivity index (χ3v) is 4.58. The van der Waals surface area contributed by atoms with Crippen LogP contribution in [-0.4, -0.2) is 30.0 Å². The van der Waals surface area contributed by atoms with Crippen molar-refractivity contribution in [3.63, 3.8) is 0 Å². The molecule has 2 heterocycles. The molecule has 4 nitrogen and oxygen atoms in total. The van der Waals surface area contributed by atoms with Gasteiger partial charge < -0.3 is 19.3 Å². The minimum atomic E-state index is -0.274. The quantitative estimate of drug-likeness (QED) is 0.867. The van der Waals surface area contributed by atoms with Crippen molar-refractivity contribution in [2.24, 2.45) is 0 Å². The van der Waals surface area contributed by atoms with Gasteiger partial charge in [-0.2, -0.15) is 0 Å². The van der Waals surface area contributed by atoms with Gasteiger partial charge in [0.1, 0.15) is 35.6 Å². The number of ether oxygens (including phenoxy) is 3. The smallest absolute Gasteiger partial charge is 0.127 e. The molecule has 0 spiro atoms. The van der Waals surface area contributed by atoms with Gasteiger partial charge in [0.25, 0.3) is 0 Å². The summed E-state index contributed by atoms with van der Waals surface area (Å²) in [5.74, 6) is 2.11. The third-order valence-electron chi connectivity index (χ3n) is 4.58. The SMILES string of the molecule is CC1(C)CC(c2ccc(OCC3CO3)cc2)c2ccc(O)cc2O1. The summed E-state index contributed by atoms with van der Waals surface area (Å²) >= 11 is 0. The largest absolute Gasteiger partial charge is 0.508 e. The number of hydrogen-bond acceptors (Lipinski definition) is 4. The standard InChI is InChI=1S/C20H22O4/c1-20(2)10-18(17-8-5-14(21)9-19(17)24-20)13-3-6-15(7-4-13)22-11-16-12-23-16/h3-9,16,18,21H,10-12H2,1-2H3. The van der Waals surface area contributed by atoms with Gasteiger partial charge in [0.2, 0.25) is 0 Å². The van der Waals surface area contributed by atoms with E-state index in [1.807, 2.05) is 18.2 Å². The van der Waals surface area contributed by atoms with Crippen molar-refractivity contribution < 1.29 is 19.3 Å². The van der Waals surface area contributed by atoms with Crippen LogP contribution >= 0.6 is 0 Å². The van der Waals surface area contributed by atoms with Gasteiger partial charge in [0.05, 0.1) is 6.61 Å². The fourth-order valence-corrected chi connectivity index (χ4v) is 3.29. The van der Waals surface area contributed by atoms with Crippen LogP contribution in [0.2, 0.25) is 0 Å². The zero-order chi connectivity index (χ0) is 16.7. The molecule has 4 heteroatoms. The van der Waals surface area contributed by atoms with Crippen molar-refractivity contribution in [3.8, 4) is 17.2 Å². The summed E-state index contributed by atoms with van der Waals surface area (Å²) in [4.78, 5) is 0. The maximum Gasteiger partial charge on any atom is 0.127 e. The van der Waals surface area contributed by atoms with Crippen LogP contribution in [0.15, 0.2) is 42.5 Å². The second kappa shape index (κ2) is 5.71. The van der Waals surface area contributed by atoms with Gasteiger partial charge in [-0.25, -0.2) is 0 Å². The van der Waals surface area contributed by atoms with Crippen LogP contribution in [0.5, 0.6) is 17.2 Å². The van der Waals surface area contributed by atoms with Gasteiger partial charge in [0.15, 0.2) is 0 Å². The monoisotopic (exact) mass is 326 g/mol. The van der Waals surface area contributed by atoms with Crippen LogP contribution in [0.1, 0.15) is 37.3 Å². The highest BCUT2D eigenvalue weighted by Crippen LogP contribution is 2.45. The first-order valence-corrected chi connectivity index (χ1v) is 8.36. The van der Waals surface area contributed by atoms with Crippen molar-refractivity contribution in [1.29, 1.82) is 0 Å². The van der Waals surface area contributed by atoms with E-state index in [9.17, 15) is 5.11 Å². The summed E-state index contributed by atoms with van der Waals surface area (Å²) in [6.07, 6.45) is 1.15. The number of benzene rings is 2. The molecule has 0 aromatic heterocycles. The fraction of sp³-hybridized carbons (Fsp3) is 0.400. The Morgan fingerprint density at radius 2 is 1.92 bits per heavy atom. The molecule has 2 aliphatic heterocycles. The minimum absolute atomic E-state index is 0.233. The molecule has 2 unspecified atom stereocenters. The van der Waals surface area contributed by atoms with Crippen molar-refractivity contribution in [1.82, 2.24) is 0 Å². The van der Waals surface area contributed by atoms with Gasteiger partial charge in [-0.15, -0.1) is 0 Å². The Kier molecular flexibility index (Phi) is 3.65. The van der Waals surface area contributed by atoms with Crippen LogP contribution in [0.4, 0.5) is 0 Å². The maximum absolute atomic E-state index is 9.75. The van der Waals surface area contributed by atoms with Crippen LogP contribution < -0.4 is 9.47 Å². The van der Waals surface area contributed by atoms with E-state index in [1.54, 1.807) is 12.1 Å². The summed E-state index contributed by atoms with van der Waals surface area (Å²) in [6, 6.07) is 13.6. The summed E-state index contributed by atoms with van der Waals surface area (Å²) in [6.45, 7) is 5.59. The number of hydrogen-bond donors (Lipinski definition) is 1. The zero-order valence-electron chi connectivity index (χ0n) is 14.0. The van der Waals surface area contributed by atoms with Gasteiger partial charge in [0, 0.05) is 17.5 Å². The summed E-state index contributed by atoms with van der Waals surface area (Å²) in [5.41, 5.74) is 2.07. The predicted octanol–water partition coefficient (Wildman–Crippen LogP) is 3.86. The van der Waals surface area contributed by atoms with Gasteiger partial charge in [-0.05, 0) is 44.0 Å². The van der Waals surface area contributed by atoms with Crippen molar-refractivity contribution >= 4 is 0 Å². The average molecular weight is 326 g/mol. The highest BCUT2D eigenvalue weighted by Gasteiger charge is 2.34. The normalized spacial score (nSPS) is 23.9. The number of fused-ring (bicyclic) bond motifs is 1. The molecule has 0 bridgehead atoms. The summed E-state index contributed by atoms with van der Waals surface area (Å²) in [5, 5.41) is 9.75. The Balaban J connectivity index is 1.60. The number of epoxide rings is 1. The molecule has 2 atom stereocenters. The Bertz CT molecular complexity index is 732. The van der Waals surface area contributed by atoms with E-state index >= 15 is 0 Å². The zero-order valence-corrected chi connectivity index (χ0v) is 14.0. The maximum atomic E-state index is 9.75. The highest BCUT2D eigenvalue weighted by atomic mass is 16.6. The Morgan fingerprint density at radius 1 is 1.17 bits per heavy atom. The third kappa shape index (κ3) is 3.20. The topological polar surface area (TPSA) is 51.2 Å². The molecule has 1 fully saturated rings. The van der Waals surface area contributed by atoms with E-state index < -0.39 is 0 Å². The molecule has 0 saturated carbocycles. The molecular weight excluding hydrogens is 304 g/mol. The molecule has 1 N–H and O–H groups in total. The number of rotatable bonds is 4. The Hall–Kier alpha value is -2.20. The van der Waals surface area contributed by atoms with Crippen LogP contribution in [0.3, 0.4) is 0 Å². The van der Waals surface area contributed by atoms with Crippen molar-refractivity contribution in [2.45, 2.75) is 37.9 Å². The number of phenolic OH excluding ortho intramolecular Hbond substituents is 1. The molecule has 0 radical (unpaired) electrons. The first-order chi connectivity index (χ1) is 11.5. The van der Waals surface area contributed by atoms with E-state index in [0.717, 1.165) is 30.1 Å². The first kappa shape index (κ1) is 15.3. The van der Waals surface area contributed by atoms with Gasteiger partial charge in [-0.3, -0.25) is 0 Å². The molecule has 2 aliphatic rings. The van der Waals surface area contributed by atoms with E-state index in [0.29, 0.717) is 6.61 Å². The van der Waals surface area contributed by atoms with E-state index in [2.05, 4.69) is 26.0 Å². The average Bonchev–Trinajstić information content (AvgIpc) is 3.36. The van der Waals surface area contributed by atoms with Gasteiger partial charge >= 0.3 is 0 Å². The minimum Gasteiger partial charge on any atom is -0.508 e. The lowest BCUT2D eigenvalue weighted by Crippen LogP contribution is -2.35. The first-order valence-electron chi connectivity index (χ1n) is 8.36. The van der Waals surface area contributed by atoms with Gasteiger partial charge in [-0.1, -0.05) is 18.2 Å². The van der Waals surface area contributed by atoms with Crippen molar-refractivity contribution in [2.75, 3.05) is 13.2 Å². The van der Waals surface area contributed by atoms with E-state index in [4.69, 9.17) is 14.2 Å². The molecule has 0 aliphatic carbocycles. The summed E-state index contributed by atoms with van der Waals surface area (Å²) < 4.78 is 16.9. The molecule has 1 saturated heterocycles. The lowest BCUT2D eigenvalue weighted by atomic mass is 9.80. The molecular formula is C20H22O4. The lowest BCUT2D eigenvalue weighted by Gasteiger charge is -2.38. The fourth-order valence-electron chi connectivity index (χ4n) is 3.29. The summed E-state index contributed by atoms with van der Waals surface area (Å²) in [7, 11) is 0. The molecule has 2 aromatic carbocycles. The van der Waals surface area contributed by atoms with Crippen LogP contribution in [0, 0.1) is 0 Å². The van der Waals surface area contributed by atoms with Crippen LogP contribution in [0.25, 0.3) is 0 Å². The van der Waals surface area contributed by atoms with E-state index in [-0.39, 0.29) is 23.4 Å². The number of aromatic hydroxyl groups is 1. The molecule has 2 aromatic rings. The molecule has 24 heavy (non-hydrogen) atoms. The molecule has 0 amide bonds. The second-order valence-corrected chi connectivity index (χ2v) is 7.18. The second-order valence-electron chi connectivity index (χ2n) is 7.18. The predicted molar refractivity (Wildman–Crippen MR) is 91.0 cm³/mol. The van der Waals surface area contributed by atoms with Crippen LogP contribution in [-0.2, 0) is 4.74 Å². The number of phenols is 1. The lowest BCUT2D eigenvalue weighted by molar-refractivity contribution is 0.0771. The Morgan fingerprint density at radius 3 is 2.62 bits per heavy atom. The molecule has 126 valence electrons. The van der Waals surface area contributed by atoms with E-state index in [1.165, 1.54) is 5.56 Å².